The molecular weight excluding hydrogens is 414 g/mol. The number of carbonyl (C=O) groups is 1. The molecule has 0 fully saturated rings. The first kappa shape index (κ1) is 20.6. The second-order valence-electron chi connectivity index (χ2n) is 6.96. The van der Waals surface area contributed by atoms with Crippen LogP contribution in [0.3, 0.4) is 0 Å². The lowest BCUT2D eigenvalue weighted by Crippen LogP contribution is -2.30. The van der Waals surface area contributed by atoms with Gasteiger partial charge in [0.15, 0.2) is 11.1 Å². The van der Waals surface area contributed by atoms with Crippen LogP contribution in [0.1, 0.15) is 18.3 Å². The number of rotatable bonds is 7. The van der Waals surface area contributed by atoms with E-state index in [0.29, 0.717) is 27.8 Å². The van der Waals surface area contributed by atoms with E-state index in [9.17, 15) is 9.59 Å². The van der Waals surface area contributed by atoms with Crippen LogP contribution in [0.2, 0.25) is 0 Å². The summed E-state index contributed by atoms with van der Waals surface area (Å²) in [5.74, 6) is 0.913. The minimum absolute atomic E-state index is 0.129. The van der Waals surface area contributed by atoms with Gasteiger partial charge in [-0.15, -0.1) is 11.3 Å². The Morgan fingerprint density at radius 3 is 2.71 bits per heavy atom. The van der Waals surface area contributed by atoms with E-state index in [1.165, 1.54) is 17.4 Å². The van der Waals surface area contributed by atoms with Gasteiger partial charge in [-0.05, 0) is 38.1 Å². The van der Waals surface area contributed by atoms with Gasteiger partial charge in [0.1, 0.15) is 18.1 Å². The molecule has 0 radical (unpaired) electrons. The molecule has 8 heteroatoms. The van der Waals surface area contributed by atoms with Crippen LogP contribution >= 0.6 is 11.3 Å². The molecule has 0 bridgehead atoms. The monoisotopic (exact) mass is 435 g/mol. The molecule has 0 spiro atoms. The summed E-state index contributed by atoms with van der Waals surface area (Å²) in [6, 6.07) is 17.7. The van der Waals surface area contributed by atoms with E-state index in [-0.39, 0.29) is 18.1 Å². The van der Waals surface area contributed by atoms with E-state index in [2.05, 4.69) is 10.3 Å². The van der Waals surface area contributed by atoms with Crippen LogP contribution in [0.25, 0.3) is 4.96 Å². The van der Waals surface area contributed by atoms with Crippen LogP contribution in [-0.2, 0) is 11.4 Å². The number of aromatic nitrogens is 2. The van der Waals surface area contributed by atoms with Gasteiger partial charge in [-0.2, -0.15) is 0 Å². The average molecular weight is 436 g/mol. The highest BCUT2D eigenvalue weighted by atomic mass is 32.1. The minimum Gasteiger partial charge on any atom is -0.487 e. The normalized spacial score (nSPS) is 11.8. The van der Waals surface area contributed by atoms with Crippen molar-refractivity contribution in [3.8, 4) is 11.5 Å². The molecule has 1 amide bonds. The number of anilines is 1. The van der Waals surface area contributed by atoms with Gasteiger partial charge in [0.05, 0.1) is 5.69 Å². The van der Waals surface area contributed by atoms with E-state index in [4.69, 9.17) is 9.47 Å². The number of carbonyl (C=O) groups excluding carboxylic acids is 1. The smallest absolute Gasteiger partial charge is 0.265 e. The predicted molar refractivity (Wildman–Crippen MR) is 120 cm³/mol. The second-order valence-corrected chi connectivity index (χ2v) is 7.80. The Bertz CT molecular complexity index is 1270. The summed E-state index contributed by atoms with van der Waals surface area (Å²) in [5, 5.41) is 4.72. The number of para-hydroxylation sites is 1. The second kappa shape index (κ2) is 9.01. The Morgan fingerprint density at radius 2 is 1.90 bits per heavy atom. The number of aryl methyl sites for hydroxylation is 1. The molecule has 7 nitrogen and oxygen atoms in total. The number of nitrogens with one attached hydrogen (secondary N) is 1. The molecule has 158 valence electrons. The standard InChI is InChI=1S/C23H21N3O4S/c1-15-14-31-23-25-18(12-21(27)26(15)23)13-29-20-10-6-7-17(11-20)24-22(28)16(2)30-19-8-4-3-5-9-19/h3-12,14,16H,13H2,1-2H3,(H,24,28)/t16-/m1/s1. The van der Waals surface area contributed by atoms with Gasteiger partial charge in [-0.1, -0.05) is 24.3 Å². The number of benzene rings is 2. The molecule has 0 saturated heterocycles. The van der Waals surface area contributed by atoms with Crippen molar-refractivity contribution in [1.82, 2.24) is 9.38 Å². The zero-order valence-electron chi connectivity index (χ0n) is 17.1. The van der Waals surface area contributed by atoms with Crippen molar-refractivity contribution in [2.45, 2.75) is 26.6 Å². The fourth-order valence-corrected chi connectivity index (χ4v) is 3.89. The summed E-state index contributed by atoms with van der Waals surface area (Å²) in [6.45, 7) is 3.71. The maximum atomic E-state index is 12.4. The summed E-state index contributed by atoms with van der Waals surface area (Å²) in [7, 11) is 0. The van der Waals surface area contributed by atoms with Crippen LogP contribution < -0.4 is 20.3 Å². The third kappa shape index (κ3) is 4.92. The lowest BCUT2D eigenvalue weighted by molar-refractivity contribution is -0.122. The van der Waals surface area contributed by atoms with Crippen LogP contribution in [0.4, 0.5) is 5.69 Å². The zero-order valence-corrected chi connectivity index (χ0v) is 17.9. The Morgan fingerprint density at radius 1 is 1.13 bits per heavy atom. The Kier molecular flexibility index (Phi) is 5.99. The molecule has 2 heterocycles. The molecule has 0 aliphatic heterocycles. The van der Waals surface area contributed by atoms with Crippen LogP contribution in [0.5, 0.6) is 11.5 Å². The van der Waals surface area contributed by atoms with Crippen molar-refractivity contribution in [2.24, 2.45) is 0 Å². The number of hydrogen-bond donors (Lipinski definition) is 1. The maximum absolute atomic E-state index is 12.4. The molecule has 0 aliphatic carbocycles. The van der Waals surface area contributed by atoms with Gasteiger partial charge in [0, 0.05) is 28.9 Å². The van der Waals surface area contributed by atoms with Gasteiger partial charge >= 0.3 is 0 Å². The zero-order chi connectivity index (χ0) is 21.8. The predicted octanol–water partition coefficient (Wildman–Crippen LogP) is 4.05. The number of hydrogen-bond acceptors (Lipinski definition) is 6. The molecule has 4 aromatic rings. The topological polar surface area (TPSA) is 81.9 Å². The average Bonchev–Trinajstić information content (AvgIpc) is 3.14. The fraction of sp³-hybridized carbons (Fsp3) is 0.174. The van der Waals surface area contributed by atoms with Crippen molar-refractivity contribution in [3.63, 3.8) is 0 Å². The van der Waals surface area contributed by atoms with Crippen molar-refractivity contribution < 1.29 is 14.3 Å². The highest BCUT2D eigenvalue weighted by molar-refractivity contribution is 7.15. The maximum Gasteiger partial charge on any atom is 0.265 e. The lowest BCUT2D eigenvalue weighted by Gasteiger charge is -2.15. The molecule has 1 atom stereocenters. The number of amides is 1. The molecule has 1 N–H and O–H groups in total. The summed E-state index contributed by atoms with van der Waals surface area (Å²) < 4.78 is 13.0. The Balaban J connectivity index is 1.39. The lowest BCUT2D eigenvalue weighted by atomic mass is 10.2. The van der Waals surface area contributed by atoms with Crippen LogP contribution in [0.15, 0.2) is 70.8 Å². The minimum atomic E-state index is -0.662. The SMILES string of the molecule is Cc1csc2nc(COc3cccc(NC(=O)[C@@H](C)Oc4ccccc4)c3)cc(=O)n12. The number of ether oxygens (including phenoxy) is 2. The van der Waals surface area contributed by atoms with Gasteiger partial charge in [0.25, 0.3) is 11.5 Å². The molecule has 0 aliphatic rings. The molecule has 31 heavy (non-hydrogen) atoms. The van der Waals surface area contributed by atoms with Gasteiger partial charge in [-0.3, -0.25) is 14.0 Å². The van der Waals surface area contributed by atoms with E-state index in [0.717, 1.165) is 5.69 Å². The Labute approximate surface area is 182 Å². The van der Waals surface area contributed by atoms with E-state index in [1.54, 1.807) is 47.7 Å². The van der Waals surface area contributed by atoms with E-state index < -0.39 is 6.10 Å². The van der Waals surface area contributed by atoms with E-state index in [1.807, 2.05) is 30.5 Å². The number of nitrogens with zero attached hydrogens (tertiary/aromatic N) is 2. The van der Waals surface area contributed by atoms with Crippen molar-refractivity contribution in [2.75, 3.05) is 5.32 Å². The third-order valence-corrected chi connectivity index (χ3v) is 5.49. The highest BCUT2D eigenvalue weighted by Crippen LogP contribution is 2.20. The third-order valence-electron chi connectivity index (χ3n) is 4.54. The van der Waals surface area contributed by atoms with Crippen molar-refractivity contribution in [1.29, 1.82) is 0 Å². The molecule has 4 rings (SSSR count). The molecule has 2 aromatic carbocycles. The first-order valence-corrected chi connectivity index (χ1v) is 10.6. The summed E-state index contributed by atoms with van der Waals surface area (Å²) in [4.78, 5) is 29.8. The first-order chi connectivity index (χ1) is 15.0. The number of fused-ring (bicyclic) bond motifs is 1. The molecule has 0 saturated carbocycles. The van der Waals surface area contributed by atoms with Crippen LogP contribution in [-0.4, -0.2) is 21.4 Å². The number of thiazole rings is 1. The van der Waals surface area contributed by atoms with Gasteiger partial charge in [-0.25, -0.2) is 4.98 Å². The summed E-state index contributed by atoms with van der Waals surface area (Å²) >= 11 is 1.41. The highest BCUT2D eigenvalue weighted by Gasteiger charge is 2.15. The summed E-state index contributed by atoms with van der Waals surface area (Å²) in [5.41, 5.74) is 1.86. The molecule has 2 aromatic heterocycles. The summed E-state index contributed by atoms with van der Waals surface area (Å²) in [6.07, 6.45) is -0.662. The fourth-order valence-electron chi connectivity index (χ4n) is 3.00. The molecular formula is C23H21N3O4S. The quantitative estimate of drug-likeness (QED) is 0.474. The van der Waals surface area contributed by atoms with Crippen LogP contribution in [0, 0.1) is 6.92 Å². The Hall–Kier alpha value is -3.65. The van der Waals surface area contributed by atoms with E-state index >= 15 is 0 Å². The largest absolute Gasteiger partial charge is 0.487 e. The van der Waals surface area contributed by atoms with Crippen molar-refractivity contribution in [3.05, 3.63) is 87.8 Å². The molecule has 0 unspecified atom stereocenters. The van der Waals surface area contributed by atoms with Crippen molar-refractivity contribution >= 4 is 27.9 Å². The van der Waals surface area contributed by atoms with Gasteiger partial charge < -0.3 is 14.8 Å². The first-order valence-electron chi connectivity index (χ1n) is 9.72. The van der Waals surface area contributed by atoms with Gasteiger partial charge in [0.2, 0.25) is 0 Å².